The second-order valence-electron chi connectivity index (χ2n) is 14.8. The number of hydrogen-bond donors (Lipinski definition) is 1. The molecule has 5 atom stereocenters. The molecule has 1 N–H and O–H groups in total. The second kappa shape index (κ2) is 20.3. The van der Waals surface area contributed by atoms with Crippen molar-refractivity contribution in [3.63, 3.8) is 0 Å². The maximum absolute atomic E-state index is 14.3. The van der Waals surface area contributed by atoms with Gasteiger partial charge in [0.2, 0.25) is 0 Å². The third-order valence-electron chi connectivity index (χ3n) is 10.7. The Morgan fingerprint density at radius 2 is 1.11 bits per heavy atom. The van der Waals surface area contributed by atoms with Gasteiger partial charge >= 0.3 is 0 Å². The number of hydrogen-bond acceptors (Lipinski definition) is 9. The molecule has 61 heavy (non-hydrogen) atoms. The molecular weight excluding hydrogens is 769 g/mol. The molecule has 9 nitrogen and oxygen atoms in total. The Bertz CT molecular complexity index is 2470. The average molecular weight is 817 g/mol. The van der Waals surface area contributed by atoms with Crippen LogP contribution in [0.2, 0.25) is 0 Å². The molecule has 0 amide bonds. The van der Waals surface area contributed by atoms with E-state index in [4.69, 9.17) is 32.8 Å². The van der Waals surface area contributed by atoms with Gasteiger partial charge in [-0.3, -0.25) is 4.79 Å². The summed E-state index contributed by atoms with van der Waals surface area (Å²) in [5, 5.41) is 13.0. The predicted molar refractivity (Wildman–Crippen MR) is 233 cm³/mol. The minimum Gasteiger partial charge on any atom is -0.506 e. The highest BCUT2D eigenvalue weighted by Gasteiger charge is 2.51. The first-order valence-electron chi connectivity index (χ1n) is 20.4. The highest BCUT2D eigenvalue weighted by Crippen LogP contribution is 2.49. The first-order valence-corrected chi connectivity index (χ1v) is 20.4. The number of aromatic hydroxyl groups is 1. The smallest absolute Gasteiger partial charge is 0.193 e. The summed E-state index contributed by atoms with van der Waals surface area (Å²) in [6.45, 7) is 1.09. The molecule has 0 aliphatic carbocycles. The monoisotopic (exact) mass is 816 g/mol. The molecule has 0 unspecified atom stereocenters. The van der Waals surface area contributed by atoms with E-state index < -0.39 is 36.3 Å². The molecule has 1 aliphatic heterocycles. The van der Waals surface area contributed by atoms with Crippen LogP contribution < -0.4 is 4.74 Å². The lowest BCUT2D eigenvalue weighted by Gasteiger charge is -2.46. The van der Waals surface area contributed by atoms with Crippen molar-refractivity contribution in [1.29, 1.82) is 0 Å². The van der Waals surface area contributed by atoms with E-state index in [1.54, 1.807) is 12.1 Å². The van der Waals surface area contributed by atoms with Crippen LogP contribution >= 0.6 is 0 Å². The summed E-state index contributed by atoms with van der Waals surface area (Å²) < 4.78 is 46.3. The van der Waals surface area contributed by atoms with Crippen LogP contribution in [0.3, 0.4) is 0 Å². The fourth-order valence-electron chi connectivity index (χ4n) is 7.73. The molecular formula is C52H48O9. The number of phenols is 1. The van der Waals surface area contributed by atoms with Crippen molar-refractivity contribution < 1.29 is 42.7 Å². The molecule has 7 aromatic rings. The van der Waals surface area contributed by atoms with Crippen LogP contribution in [0, 0.1) is 0 Å². The normalized spacial score (nSPS) is 19.0. The molecule has 1 fully saturated rings. The number of fused-ring (bicyclic) bond motifs is 1. The zero-order valence-electron chi connectivity index (χ0n) is 33.9. The van der Waals surface area contributed by atoms with Gasteiger partial charge in [-0.15, -0.1) is 0 Å². The average Bonchev–Trinajstić information content (AvgIpc) is 3.80. The minimum atomic E-state index is -1.06. The molecule has 8 rings (SSSR count). The summed E-state index contributed by atoms with van der Waals surface area (Å²) in [5.41, 5.74) is 5.12. The van der Waals surface area contributed by atoms with Crippen LogP contribution in [-0.2, 0) is 50.1 Å². The van der Waals surface area contributed by atoms with Crippen LogP contribution in [0.4, 0.5) is 0 Å². The third-order valence-corrected chi connectivity index (χ3v) is 10.7. The summed E-state index contributed by atoms with van der Waals surface area (Å²) in [6, 6.07) is 50.7. The topological polar surface area (TPSA) is 106 Å². The van der Waals surface area contributed by atoms with E-state index in [9.17, 15) is 9.90 Å². The highest BCUT2D eigenvalue weighted by atomic mass is 16.6. The summed E-state index contributed by atoms with van der Waals surface area (Å²) in [6.07, 6.45) is 0.389. The number of ketones is 1. The molecule has 1 saturated heterocycles. The lowest BCUT2D eigenvalue weighted by molar-refractivity contribution is -0.275. The van der Waals surface area contributed by atoms with Gasteiger partial charge in [-0.2, -0.15) is 0 Å². The lowest BCUT2D eigenvalue weighted by Crippen LogP contribution is -2.58. The maximum atomic E-state index is 14.3. The van der Waals surface area contributed by atoms with Gasteiger partial charge in [0.25, 0.3) is 0 Å². The van der Waals surface area contributed by atoms with Crippen molar-refractivity contribution in [1.82, 2.24) is 0 Å². The first kappa shape index (κ1) is 41.4. The summed E-state index contributed by atoms with van der Waals surface area (Å²) >= 11 is 0. The summed E-state index contributed by atoms with van der Waals surface area (Å²) in [4.78, 5) is 14.3. The lowest BCUT2D eigenvalue weighted by atomic mass is 9.87. The van der Waals surface area contributed by atoms with E-state index in [-0.39, 0.29) is 54.6 Å². The second-order valence-corrected chi connectivity index (χ2v) is 14.8. The fourth-order valence-corrected chi connectivity index (χ4v) is 7.73. The Balaban J connectivity index is 1.26. The van der Waals surface area contributed by atoms with Crippen molar-refractivity contribution in [2.24, 2.45) is 0 Å². The number of benzene rings is 6. The zero-order chi connectivity index (χ0) is 41.8. The molecule has 0 saturated carbocycles. The van der Waals surface area contributed by atoms with Crippen LogP contribution in [0.1, 0.15) is 49.8 Å². The van der Waals surface area contributed by atoms with Crippen LogP contribution in [-0.4, -0.2) is 49.0 Å². The number of furan rings is 1. The highest BCUT2D eigenvalue weighted by molar-refractivity contribution is 6.14. The Kier molecular flexibility index (Phi) is 13.8. The van der Waals surface area contributed by atoms with E-state index in [1.165, 1.54) is 19.4 Å². The molecule has 1 aromatic heterocycles. The molecule has 9 heteroatoms. The van der Waals surface area contributed by atoms with Gasteiger partial charge in [0.05, 0.1) is 57.4 Å². The van der Waals surface area contributed by atoms with Gasteiger partial charge in [-0.25, -0.2) is 0 Å². The SMILES string of the molecule is COc1c(C(=O)/C=C/c2ccccc2)c(O)c([C@@H]2O[C@H](COCc3ccccc3)[C@@H](OCc3ccccc3)[C@H](OCc3ccccc3)[C@H]2OCc2ccccc2)c2occc12. The first-order chi connectivity index (χ1) is 30.1. The van der Waals surface area contributed by atoms with Gasteiger partial charge < -0.3 is 37.9 Å². The van der Waals surface area contributed by atoms with Crippen molar-refractivity contribution in [3.05, 3.63) is 209 Å². The zero-order valence-corrected chi connectivity index (χ0v) is 33.9. The quantitative estimate of drug-likeness (QED) is 0.0669. The van der Waals surface area contributed by atoms with Crippen LogP contribution in [0.25, 0.3) is 17.0 Å². The summed E-state index contributed by atoms with van der Waals surface area (Å²) in [5.74, 6) is -0.646. The third kappa shape index (κ3) is 10.0. The van der Waals surface area contributed by atoms with Crippen molar-refractivity contribution in [2.75, 3.05) is 13.7 Å². The van der Waals surface area contributed by atoms with Gasteiger partial charge in [-0.05, 0) is 40.0 Å². The van der Waals surface area contributed by atoms with Crippen LogP contribution in [0.5, 0.6) is 11.5 Å². The molecule has 0 radical (unpaired) electrons. The van der Waals surface area contributed by atoms with Crippen LogP contribution in [0.15, 0.2) is 174 Å². The largest absolute Gasteiger partial charge is 0.506 e. The number of phenolic OH excluding ortho intramolecular Hbond substituents is 1. The van der Waals surface area contributed by atoms with Crippen molar-refractivity contribution in [2.45, 2.75) is 56.9 Å². The van der Waals surface area contributed by atoms with Crippen molar-refractivity contribution >= 4 is 22.8 Å². The van der Waals surface area contributed by atoms with E-state index in [2.05, 4.69) is 0 Å². The number of methoxy groups -OCH3 is 1. The number of ether oxygens (including phenoxy) is 6. The van der Waals surface area contributed by atoms with Crippen molar-refractivity contribution in [3.8, 4) is 11.5 Å². The molecule has 1 aliphatic rings. The van der Waals surface area contributed by atoms with E-state index in [1.807, 2.05) is 152 Å². The molecule has 0 bridgehead atoms. The Morgan fingerprint density at radius 3 is 1.66 bits per heavy atom. The Labute approximate surface area is 355 Å². The maximum Gasteiger partial charge on any atom is 0.193 e. The number of rotatable bonds is 18. The standard InChI is InChI=1S/C52H48O9/c1-55-47-41-29-30-57-48(41)45(46(54)44(47)42(53)28-27-36-17-7-2-8-18-36)50-52(60-34-40-25-15-6-16-26-40)51(59-33-39-23-13-5-14-24-39)49(58-32-38-21-11-4-12-22-38)43(61-50)35-56-31-37-19-9-3-10-20-37/h2-30,43,49-52,54H,31-35H2,1H3/b28-27+/t43-,49-,50+,51+,52+/m1/s1. The number of allylic oxidation sites excluding steroid dienone is 1. The summed E-state index contributed by atoms with van der Waals surface area (Å²) in [7, 11) is 1.46. The molecule has 2 heterocycles. The number of carbonyl (C=O) groups excluding carboxylic acids is 1. The molecule has 0 spiro atoms. The fraction of sp³-hybridized carbons (Fsp3) is 0.212. The minimum absolute atomic E-state index is 0.0370. The van der Waals surface area contributed by atoms with E-state index in [0.717, 1.165) is 27.8 Å². The molecule has 6 aromatic carbocycles. The Morgan fingerprint density at radius 1 is 0.623 bits per heavy atom. The predicted octanol–water partition coefficient (Wildman–Crippen LogP) is 10.5. The Hall–Kier alpha value is -6.33. The van der Waals surface area contributed by atoms with E-state index in [0.29, 0.717) is 12.0 Å². The van der Waals surface area contributed by atoms with Gasteiger partial charge in [0.15, 0.2) is 5.78 Å². The van der Waals surface area contributed by atoms with Gasteiger partial charge in [0.1, 0.15) is 53.2 Å². The van der Waals surface area contributed by atoms with Gasteiger partial charge in [0, 0.05) is 0 Å². The van der Waals surface area contributed by atoms with E-state index >= 15 is 0 Å². The number of carbonyl (C=O) groups is 1. The molecule has 310 valence electrons. The van der Waals surface area contributed by atoms with Gasteiger partial charge in [-0.1, -0.05) is 158 Å².